The summed E-state index contributed by atoms with van der Waals surface area (Å²) in [7, 11) is 6.25. The van der Waals surface area contributed by atoms with Gasteiger partial charge in [-0.05, 0) is 33.5 Å². The molecule has 18 heavy (non-hydrogen) atoms. The second kappa shape index (κ2) is 8.10. The van der Waals surface area contributed by atoms with E-state index in [0.717, 1.165) is 19.7 Å². The smallest absolute Gasteiger partial charge is 0.0630 e. The second-order valence-electron chi connectivity index (χ2n) is 5.89. The summed E-state index contributed by atoms with van der Waals surface area (Å²) in [5, 5.41) is 3.51. The van der Waals surface area contributed by atoms with Crippen molar-refractivity contribution < 1.29 is 4.74 Å². The number of ether oxygens (including phenoxy) is 1. The fourth-order valence-corrected chi connectivity index (χ4v) is 2.60. The molecule has 1 heterocycles. The zero-order chi connectivity index (χ0) is 13.5. The van der Waals surface area contributed by atoms with Gasteiger partial charge in [-0.2, -0.15) is 0 Å². The largest absolute Gasteiger partial charge is 0.383 e. The van der Waals surface area contributed by atoms with Gasteiger partial charge in [0.25, 0.3) is 0 Å². The highest BCUT2D eigenvalue weighted by molar-refractivity contribution is 4.82. The Labute approximate surface area is 113 Å². The highest BCUT2D eigenvalue weighted by Crippen LogP contribution is 2.16. The van der Waals surface area contributed by atoms with Gasteiger partial charge in [-0.3, -0.25) is 4.90 Å². The lowest BCUT2D eigenvalue weighted by Gasteiger charge is -2.32. The van der Waals surface area contributed by atoms with Gasteiger partial charge in [-0.15, -0.1) is 0 Å². The number of rotatable bonds is 8. The molecule has 2 atom stereocenters. The predicted octanol–water partition coefficient (Wildman–Crippen LogP) is 1.03. The van der Waals surface area contributed by atoms with E-state index in [4.69, 9.17) is 4.74 Å². The Morgan fingerprint density at radius 2 is 2.17 bits per heavy atom. The Morgan fingerprint density at radius 1 is 1.44 bits per heavy atom. The summed E-state index contributed by atoms with van der Waals surface area (Å²) in [6.07, 6.45) is 2.67. The summed E-state index contributed by atoms with van der Waals surface area (Å²) in [6.45, 7) is 8.57. The normalized spacial score (nSPS) is 23.2. The van der Waals surface area contributed by atoms with E-state index >= 15 is 0 Å². The maximum absolute atomic E-state index is 5.35. The van der Waals surface area contributed by atoms with Crippen molar-refractivity contribution in [2.45, 2.75) is 44.8 Å². The van der Waals surface area contributed by atoms with Crippen molar-refractivity contribution in [3.63, 3.8) is 0 Å². The standard InChI is InChI=1S/C14H31N3O/c1-12(2)15-9-14(11-18-5)17(4)10-13-7-6-8-16(13)3/h12-15H,6-11H2,1-5H3. The van der Waals surface area contributed by atoms with Crippen LogP contribution < -0.4 is 5.32 Å². The lowest BCUT2D eigenvalue weighted by Crippen LogP contribution is -2.48. The summed E-state index contributed by atoms with van der Waals surface area (Å²) in [6, 6.07) is 1.71. The van der Waals surface area contributed by atoms with Crippen LogP contribution in [0.3, 0.4) is 0 Å². The third-order valence-corrected chi connectivity index (χ3v) is 3.91. The zero-order valence-electron chi connectivity index (χ0n) is 12.8. The van der Waals surface area contributed by atoms with Gasteiger partial charge < -0.3 is 15.0 Å². The SMILES string of the molecule is COCC(CNC(C)C)N(C)CC1CCCN1C. The van der Waals surface area contributed by atoms with Gasteiger partial charge in [-0.1, -0.05) is 13.8 Å². The molecule has 1 aliphatic rings. The minimum atomic E-state index is 0.464. The van der Waals surface area contributed by atoms with E-state index in [9.17, 15) is 0 Å². The van der Waals surface area contributed by atoms with E-state index in [2.05, 4.69) is 43.1 Å². The molecule has 0 aromatic heterocycles. The van der Waals surface area contributed by atoms with Gasteiger partial charge in [0.05, 0.1) is 6.61 Å². The Balaban J connectivity index is 2.39. The molecule has 0 radical (unpaired) electrons. The fourth-order valence-electron chi connectivity index (χ4n) is 2.60. The van der Waals surface area contributed by atoms with Crippen molar-refractivity contribution in [3.05, 3.63) is 0 Å². The van der Waals surface area contributed by atoms with Gasteiger partial charge in [0.2, 0.25) is 0 Å². The number of nitrogens with zero attached hydrogens (tertiary/aromatic N) is 2. The molecule has 0 spiro atoms. The molecular formula is C14H31N3O. The predicted molar refractivity (Wildman–Crippen MR) is 77.1 cm³/mol. The van der Waals surface area contributed by atoms with Crippen LogP contribution in [0.1, 0.15) is 26.7 Å². The average Bonchev–Trinajstić information content (AvgIpc) is 2.70. The molecule has 0 aromatic carbocycles. The quantitative estimate of drug-likeness (QED) is 0.703. The summed E-state index contributed by atoms with van der Waals surface area (Å²) in [5.41, 5.74) is 0. The maximum Gasteiger partial charge on any atom is 0.0630 e. The molecule has 4 heteroatoms. The molecular weight excluding hydrogens is 226 g/mol. The van der Waals surface area contributed by atoms with E-state index in [0.29, 0.717) is 18.1 Å². The number of likely N-dealkylation sites (tertiary alicyclic amines) is 1. The number of methoxy groups -OCH3 is 1. The van der Waals surface area contributed by atoms with Crippen LogP contribution in [0.25, 0.3) is 0 Å². The summed E-state index contributed by atoms with van der Waals surface area (Å²) in [5.74, 6) is 0. The van der Waals surface area contributed by atoms with Crippen LogP contribution in [0.5, 0.6) is 0 Å². The molecule has 0 bridgehead atoms. The third kappa shape index (κ3) is 5.22. The maximum atomic E-state index is 5.35. The van der Waals surface area contributed by atoms with Gasteiger partial charge in [0.15, 0.2) is 0 Å². The van der Waals surface area contributed by atoms with E-state index in [1.54, 1.807) is 7.11 Å². The minimum absolute atomic E-state index is 0.464. The van der Waals surface area contributed by atoms with E-state index in [1.165, 1.54) is 19.4 Å². The van der Waals surface area contributed by atoms with Gasteiger partial charge in [-0.25, -0.2) is 0 Å². The number of hydrogen-bond donors (Lipinski definition) is 1. The first-order valence-electron chi connectivity index (χ1n) is 7.17. The minimum Gasteiger partial charge on any atom is -0.383 e. The van der Waals surface area contributed by atoms with Crippen LogP contribution in [-0.2, 0) is 4.74 Å². The second-order valence-corrected chi connectivity index (χ2v) is 5.89. The monoisotopic (exact) mass is 257 g/mol. The Bertz CT molecular complexity index is 223. The molecule has 1 saturated heterocycles. The van der Waals surface area contributed by atoms with Gasteiger partial charge in [0.1, 0.15) is 0 Å². The number of likely N-dealkylation sites (N-methyl/N-ethyl adjacent to an activating group) is 2. The molecule has 4 nitrogen and oxygen atoms in total. The molecule has 0 amide bonds. The summed E-state index contributed by atoms with van der Waals surface area (Å²) in [4.78, 5) is 4.93. The molecule has 0 aliphatic carbocycles. The first-order valence-corrected chi connectivity index (χ1v) is 7.17. The Kier molecular flexibility index (Phi) is 7.15. The van der Waals surface area contributed by atoms with E-state index < -0.39 is 0 Å². The molecule has 1 N–H and O–H groups in total. The lowest BCUT2D eigenvalue weighted by molar-refractivity contribution is 0.0894. The highest BCUT2D eigenvalue weighted by Gasteiger charge is 2.25. The number of hydrogen-bond acceptors (Lipinski definition) is 4. The molecule has 2 unspecified atom stereocenters. The van der Waals surface area contributed by atoms with Crippen LogP contribution in [0, 0.1) is 0 Å². The van der Waals surface area contributed by atoms with Gasteiger partial charge in [0, 0.05) is 38.3 Å². The van der Waals surface area contributed by atoms with Crippen LogP contribution in [0.2, 0.25) is 0 Å². The first kappa shape index (κ1) is 15.9. The average molecular weight is 257 g/mol. The van der Waals surface area contributed by atoms with Crippen molar-refractivity contribution in [3.8, 4) is 0 Å². The molecule has 1 aliphatic heterocycles. The molecule has 1 fully saturated rings. The first-order chi connectivity index (χ1) is 8.54. The van der Waals surface area contributed by atoms with Crippen molar-refractivity contribution >= 4 is 0 Å². The van der Waals surface area contributed by atoms with Crippen molar-refractivity contribution in [2.75, 3.05) is 47.4 Å². The van der Waals surface area contributed by atoms with Gasteiger partial charge >= 0.3 is 0 Å². The van der Waals surface area contributed by atoms with Crippen LogP contribution in [-0.4, -0.2) is 75.4 Å². The summed E-state index contributed by atoms with van der Waals surface area (Å²) < 4.78 is 5.35. The van der Waals surface area contributed by atoms with Crippen LogP contribution in [0.4, 0.5) is 0 Å². The highest BCUT2D eigenvalue weighted by atomic mass is 16.5. The molecule has 1 rings (SSSR count). The molecule has 0 aromatic rings. The van der Waals surface area contributed by atoms with Crippen molar-refractivity contribution in [1.29, 1.82) is 0 Å². The van der Waals surface area contributed by atoms with Crippen molar-refractivity contribution in [1.82, 2.24) is 15.1 Å². The fraction of sp³-hybridized carbons (Fsp3) is 1.00. The Morgan fingerprint density at radius 3 is 2.67 bits per heavy atom. The zero-order valence-corrected chi connectivity index (χ0v) is 12.8. The molecule has 108 valence electrons. The van der Waals surface area contributed by atoms with Crippen molar-refractivity contribution in [2.24, 2.45) is 0 Å². The Hall–Kier alpha value is -0.160. The third-order valence-electron chi connectivity index (χ3n) is 3.91. The summed E-state index contributed by atoms with van der Waals surface area (Å²) >= 11 is 0. The van der Waals surface area contributed by atoms with E-state index in [-0.39, 0.29) is 0 Å². The lowest BCUT2D eigenvalue weighted by atomic mass is 10.1. The van der Waals surface area contributed by atoms with E-state index in [1.807, 2.05) is 0 Å². The van der Waals surface area contributed by atoms with Crippen LogP contribution >= 0.6 is 0 Å². The van der Waals surface area contributed by atoms with Crippen LogP contribution in [0.15, 0.2) is 0 Å². The topological polar surface area (TPSA) is 27.7 Å². The number of nitrogens with one attached hydrogen (secondary N) is 1. The molecule has 0 saturated carbocycles.